The van der Waals surface area contributed by atoms with Gasteiger partial charge in [0, 0.05) is 18.1 Å². The van der Waals surface area contributed by atoms with Crippen LogP contribution in [0.5, 0.6) is 0 Å². The Hall–Kier alpha value is -1.43. The molecule has 1 aromatic rings. The van der Waals surface area contributed by atoms with Crippen LogP contribution < -0.4 is 11.5 Å². The third-order valence-corrected chi connectivity index (χ3v) is 2.98. The van der Waals surface area contributed by atoms with Crippen LogP contribution in [0.1, 0.15) is 6.92 Å². The molecule has 0 atom stereocenters. The molecule has 21 heavy (non-hydrogen) atoms. The standard InChI is InChI=1S/C13H16ClN5.2ClH/c1-9-6-7-19(8-9)13(16)18-12(15)17-11-4-2-10(14)3-5-11;;/h2-6H,7-8H2,1H3,(H4,15,16,17,18);2*1H. The number of nitrogens with zero attached hydrogens (tertiary/aromatic N) is 3. The molecule has 8 heteroatoms. The molecule has 4 N–H and O–H groups in total. The molecule has 0 bridgehead atoms. The number of hydrogen-bond donors (Lipinski definition) is 2. The van der Waals surface area contributed by atoms with Crippen molar-refractivity contribution >= 4 is 54.0 Å². The van der Waals surface area contributed by atoms with Crippen molar-refractivity contribution in [3.8, 4) is 0 Å². The first-order valence-electron chi connectivity index (χ1n) is 5.89. The molecule has 0 fully saturated rings. The van der Waals surface area contributed by atoms with Crippen LogP contribution in [0, 0.1) is 0 Å². The Kier molecular flexibility index (Phi) is 8.17. The normalized spacial score (nSPS) is 15.1. The topological polar surface area (TPSA) is 80.0 Å². The molecule has 1 aliphatic rings. The van der Waals surface area contributed by atoms with Gasteiger partial charge >= 0.3 is 0 Å². The van der Waals surface area contributed by atoms with Crippen LogP contribution in [0.15, 0.2) is 45.9 Å². The van der Waals surface area contributed by atoms with E-state index in [0.717, 1.165) is 13.1 Å². The van der Waals surface area contributed by atoms with E-state index in [1.165, 1.54) is 5.57 Å². The molecule has 1 aliphatic heterocycles. The minimum atomic E-state index is 0. The Balaban J connectivity index is 0.00000200. The van der Waals surface area contributed by atoms with E-state index in [2.05, 4.69) is 23.0 Å². The summed E-state index contributed by atoms with van der Waals surface area (Å²) in [5.74, 6) is 0.507. The maximum atomic E-state index is 5.88. The summed E-state index contributed by atoms with van der Waals surface area (Å²) in [6, 6.07) is 7.02. The minimum Gasteiger partial charge on any atom is -0.369 e. The summed E-state index contributed by atoms with van der Waals surface area (Å²) in [6.07, 6.45) is 2.11. The number of halogens is 3. The Morgan fingerprint density at radius 3 is 2.33 bits per heavy atom. The van der Waals surface area contributed by atoms with E-state index in [1.54, 1.807) is 24.3 Å². The van der Waals surface area contributed by atoms with Crippen molar-refractivity contribution in [2.45, 2.75) is 6.92 Å². The van der Waals surface area contributed by atoms with Crippen molar-refractivity contribution < 1.29 is 0 Å². The summed E-state index contributed by atoms with van der Waals surface area (Å²) in [5.41, 5.74) is 13.6. The molecule has 0 spiro atoms. The molecular weight excluding hydrogens is 333 g/mol. The lowest BCUT2D eigenvalue weighted by molar-refractivity contribution is 0.527. The van der Waals surface area contributed by atoms with Gasteiger partial charge in [-0.2, -0.15) is 4.99 Å². The van der Waals surface area contributed by atoms with E-state index in [-0.39, 0.29) is 30.8 Å². The van der Waals surface area contributed by atoms with Crippen LogP contribution in [0.2, 0.25) is 5.02 Å². The third kappa shape index (κ3) is 5.83. The summed E-state index contributed by atoms with van der Waals surface area (Å²) < 4.78 is 0. The molecule has 1 aromatic carbocycles. The molecule has 0 amide bonds. The molecular formula is C13H18Cl3N5. The van der Waals surface area contributed by atoms with E-state index in [9.17, 15) is 0 Å². The van der Waals surface area contributed by atoms with Gasteiger partial charge in [-0.1, -0.05) is 23.3 Å². The van der Waals surface area contributed by atoms with Gasteiger partial charge in [-0.25, -0.2) is 4.99 Å². The minimum absolute atomic E-state index is 0. The summed E-state index contributed by atoms with van der Waals surface area (Å²) in [6.45, 7) is 3.59. The van der Waals surface area contributed by atoms with Crippen LogP contribution in [0.4, 0.5) is 5.69 Å². The van der Waals surface area contributed by atoms with Gasteiger partial charge in [0.15, 0.2) is 5.96 Å². The van der Waals surface area contributed by atoms with Crippen LogP contribution in [0.3, 0.4) is 0 Å². The number of rotatable bonds is 1. The summed E-state index contributed by atoms with van der Waals surface area (Å²) >= 11 is 5.79. The Bertz CT molecular complexity index is 551. The van der Waals surface area contributed by atoms with Gasteiger partial charge in [-0.3, -0.25) is 0 Å². The fourth-order valence-electron chi connectivity index (χ4n) is 1.73. The van der Waals surface area contributed by atoms with Gasteiger partial charge in [0.25, 0.3) is 0 Å². The Morgan fingerprint density at radius 1 is 1.19 bits per heavy atom. The SMILES string of the molecule is CC1=CCN(/C(N)=N\C(N)=Nc2ccc(Cl)cc2)C1.Cl.Cl. The second-order valence-electron chi connectivity index (χ2n) is 4.35. The van der Waals surface area contributed by atoms with Gasteiger partial charge in [0.2, 0.25) is 5.96 Å². The van der Waals surface area contributed by atoms with E-state index >= 15 is 0 Å². The number of nitrogens with two attached hydrogens (primary N) is 2. The summed E-state index contributed by atoms with van der Waals surface area (Å²) in [4.78, 5) is 10.2. The van der Waals surface area contributed by atoms with E-state index in [1.807, 2.05) is 4.90 Å². The highest BCUT2D eigenvalue weighted by atomic mass is 35.5. The van der Waals surface area contributed by atoms with Crippen LogP contribution in [0.25, 0.3) is 0 Å². The van der Waals surface area contributed by atoms with Crippen LogP contribution >= 0.6 is 36.4 Å². The predicted octanol–water partition coefficient (Wildman–Crippen LogP) is 2.71. The molecule has 0 aliphatic carbocycles. The number of guanidine groups is 2. The smallest absolute Gasteiger partial charge is 0.223 e. The molecule has 116 valence electrons. The van der Waals surface area contributed by atoms with Gasteiger partial charge < -0.3 is 16.4 Å². The predicted molar refractivity (Wildman–Crippen MR) is 94.2 cm³/mol. The Morgan fingerprint density at radius 2 is 1.81 bits per heavy atom. The van der Waals surface area contributed by atoms with E-state index < -0.39 is 0 Å². The second-order valence-corrected chi connectivity index (χ2v) is 4.78. The van der Waals surface area contributed by atoms with Gasteiger partial charge in [0.05, 0.1) is 5.69 Å². The first-order chi connectivity index (χ1) is 9.04. The zero-order valence-corrected chi connectivity index (χ0v) is 13.9. The van der Waals surface area contributed by atoms with Gasteiger partial charge in [0.1, 0.15) is 0 Å². The zero-order chi connectivity index (χ0) is 13.8. The van der Waals surface area contributed by atoms with Crippen molar-refractivity contribution in [3.05, 3.63) is 40.9 Å². The molecule has 5 nitrogen and oxygen atoms in total. The first-order valence-corrected chi connectivity index (χ1v) is 6.27. The molecule has 1 heterocycles. The largest absolute Gasteiger partial charge is 0.369 e. The van der Waals surface area contributed by atoms with Crippen LogP contribution in [-0.2, 0) is 0 Å². The van der Waals surface area contributed by atoms with Crippen molar-refractivity contribution in [1.29, 1.82) is 0 Å². The second kappa shape index (κ2) is 8.77. The molecule has 0 saturated carbocycles. The van der Waals surface area contributed by atoms with E-state index in [0.29, 0.717) is 16.7 Å². The van der Waals surface area contributed by atoms with Gasteiger partial charge in [-0.15, -0.1) is 24.8 Å². The van der Waals surface area contributed by atoms with Crippen molar-refractivity contribution in [1.82, 2.24) is 4.90 Å². The Labute approximate surface area is 141 Å². The zero-order valence-electron chi connectivity index (χ0n) is 11.5. The van der Waals surface area contributed by atoms with Crippen molar-refractivity contribution in [3.63, 3.8) is 0 Å². The summed E-state index contributed by atoms with van der Waals surface area (Å²) in [5, 5.41) is 0.652. The fraction of sp³-hybridized carbons (Fsp3) is 0.231. The molecule has 0 radical (unpaired) electrons. The number of benzene rings is 1. The average molecular weight is 351 g/mol. The average Bonchev–Trinajstić information content (AvgIpc) is 2.79. The van der Waals surface area contributed by atoms with Gasteiger partial charge in [-0.05, 0) is 31.2 Å². The number of hydrogen-bond acceptors (Lipinski definition) is 1. The highest BCUT2D eigenvalue weighted by Gasteiger charge is 2.13. The van der Waals surface area contributed by atoms with Crippen molar-refractivity contribution in [2.75, 3.05) is 13.1 Å². The quantitative estimate of drug-likeness (QED) is 0.464. The molecule has 0 unspecified atom stereocenters. The molecule has 0 aromatic heterocycles. The third-order valence-electron chi connectivity index (χ3n) is 2.72. The van der Waals surface area contributed by atoms with Crippen LogP contribution in [-0.4, -0.2) is 29.9 Å². The lowest BCUT2D eigenvalue weighted by Gasteiger charge is -2.16. The van der Waals surface area contributed by atoms with E-state index in [4.69, 9.17) is 23.1 Å². The highest BCUT2D eigenvalue weighted by molar-refractivity contribution is 6.30. The first kappa shape index (κ1) is 19.6. The fourth-order valence-corrected chi connectivity index (χ4v) is 1.86. The lowest BCUT2D eigenvalue weighted by atomic mass is 10.3. The monoisotopic (exact) mass is 349 g/mol. The number of aliphatic imine (C=N–C) groups is 2. The summed E-state index contributed by atoms with van der Waals surface area (Å²) in [7, 11) is 0. The maximum absolute atomic E-state index is 5.88. The lowest BCUT2D eigenvalue weighted by Crippen LogP contribution is -2.37. The van der Waals surface area contributed by atoms with Crippen molar-refractivity contribution in [2.24, 2.45) is 21.5 Å². The molecule has 2 rings (SSSR count). The maximum Gasteiger partial charge on any atom is 0.223 e. The highest BCUT2D eigenvalue weighted by Crippen LogP contribution is 2.16. The molecule has 0 saturated heterocycles.